The number of rotatable bonds is 9. The first-order chi connectivity index (χ1) is 13.7. The van der Waals surface area contributed by atoms with E-state index in [2.05, 4.69) is 12.2 Å². The van der Waals surface area contributed by atoms with Crippen molar-refractivity contribution in [2.24, 2.45) is 0 Å². The van der Waals surface area contributed by atoms with E-state index in [1.165, 1.54) is 12.7 Å². The quantitative estimate of drug-likeness (QED) is 0.674. The molecule has 2 aromatic rings. The van der Waals surface area contributed by atoms with Gasteiger partial charge in [-0.25, -0.2) is 8.42 Å². The lowest BCUT2D eigenvalue weighted by Crippen LogP contribution is -2.49. The van der Waals surface area contributed by atoms with Crippen molar-refractivity contribution in [3.63, 3.8) is 0 Å². The van der Waals surface area contributed by atoms with Gasteiger partial charge in [-0.2, -0.15) is 0 Å². The van der Waals surface area contributed by atoms with Gasteiger partial charge in [-0.05, 0) is 43.0 Å². The van der Waals surface area contributed by atoms with Gasteiger partial charge in [-0.15, -0.1) is 0 Å². The number of carbonyl (C=O) groups excluding carboxylic acids is 1. The molecule has 0 aliphatic rings. The molecule has 0 bridgehead atoms. The van der Waals surface area contributed by atoms with Gasteiger partial charge in [0.25, 0.3) is 0 Å². The number of benzene rings is 2. The van der Waals surface area contributed by atoms with E-state index in [4.69, 9.17) is 4.74 Å². The van der Waals surface area contributed by atoms with Gasteiger partial charge in [-0.1, -0.05) is 44.2 Å². The third-order valence-electron chi connectivity index (χ3n) is 4.88. The molecule has 2 aromatic carbocycles. The number of nitrogens with zero attached hydrogens (tertiary/aromatic N) is 1. The predicted octanol–water partition coefficient (Wildman–Crippen LogP) is 3.68. The summed E-state index contributed by atoms with van der Waals surface area (Å²) in [6.07, 6.45) is 2.38. The standard InChI is InChI=1S/C22H30N2O4S/c1-6-17-11-13-18(14-12-17)16(3)23-22(25)21(7-2)24(29(5,26)27)19-9-8-10-20(15-19)28-4/h8-16,21H,6-7H2,1-5H3,(H,23,25)/t16-,21-/m1/s1. The zero-order chi connectivity index (χ0) is 21.6. The van der Waals surface area contributed by atoms with Gasteiger partial charge >= 0.3 is 0 Å². The highest BCUT2D eigenvalue weighted by Gasteiger charge is 2.32. The molecule has 7 heteroatoms. The Labute approximate surface area is 173 Å². The Morgan fingerprint density at radius 1 is 1.14 bits per heavy atom. The normalized spacial score (nSPS) is 13.4. The zero-order valence-electron chi connectivity index (χ0n) is 17.7. The van der Waals surface area contributed by atoms with E-state index in [0.717, 1.165) is 22.5 Å². The number of methoxy groups -OCH3 is 1. The van der Waals surface area contributed by atoms with Gasteiger partial charge in [0, 0.05) is 6.07 Å². The number of anilines is 1. The summed E-state index contributed by atoms with van der Waals surface area (Å²) in [5.41, 5.74) is 2.59. The molecule has 0 radical (unpaired) electrons. The SMILES string of the molecule is CCc1ccc([C@@H](C)NC(=O)[C@@H](CC)N(c2cccc(OC)c2)S(C)(=O)=O)cc1. The van der Waals surface area contributed by atoms with Gasteiger partial charge < -0.3 is 10.1 Å². The summed E-state index contributed by atoms with van der Waals surface area (Å²) in [4.78, 5) is 13.0. The number of sulfonamides is 1. The van der Waals surface area contributed by atoms with Gasteiger partial charge in [0.15, 0.2) is 0 Å². The van der Waals surface area contributed by atoms with E-state index in [1.54, 1.807) is 31.2 Å². The molecule has 0 heterocycles. The van der Waals surface area contributed by atoms with Gasteiger partial charge in [0.05, 0.1) is 25.1 Å². The lowest BCUT2D eigenvalue weighted by atomic mass is 10.0. The maximum atomic E-state index is 13.0. The van der Waals surface area contributed by atoms with E-state index in [0.29, 0.717) is 17.9 Å². The minimum atomic E-state index is -3.69. The average molecular weight is 419 g/mol. The topological polar surface area (TPSA) is 75.7 Å². The number of nitrogens with one attached hydrogen (secondary N) is 1. The van der Waals surface area contributed by atoms with Crippen LogP contribution in [0.1, 0.15) is 44.4 Å². The maximum absolute atomic E-state index is 13.0. The molecular formula is C22H30N2O4S. The van der Waals surface area contributed by atoms with Crippen LogP contribution in [0.15, 0.2) is 48.5 Å². The van der Waals surface area contributed by atoms with Crippen molar-refractivity contribution in [1.29, 1.82) is 0 Å². The largest absolute Gasteiger partial charge is 0.497 e. The fraction of sp³-hybridized carbons (Fsp3) is 0.409. The molecule has 0 fully saturated rings. The van der Waals surface area contributed by atoms with Crippen molar-refractivity contribution in [2.45, 2.75) is 45.7 Å². The van der Waals surface area contributed by atoms with Crippen LogP contribution in [0.5, 0.6) is 5.75 Å². The van der Waals surface area contributed by atoms with Crippen molar-refractivity contribution in [2.75, 3.05) is 17.7 Å². The summed E-state index contributed by atoms with van der Waals surface area (Å²) in [7, 11) is -2.18. The first-order valence-electron chi connectivity index (χ1n) is 9.73. The third kappa shape index (κ3) is 5.73. The molecule has 1 N–H and O–H groups in total. The fourth-order valence-corrected chi connectivity index (χ4v) is 4.45. The van der Waals surface area contributed by atoms with Crippen LogP contribution < -0.4 is 14.4 Å². The Bertz CT molecular complexity index is 926. The van der Waals surface area contributed by atoms with Gasteiger partial charge in [0.1, 0.15) is 11.8 Å². The Kier molecular flexibility index (Phi) is 7.67. The van der Waals surface area contributed by atoms with Gasteiger partial charge in [0.2, 0.25) is 15.9 Å². The van der Waals surface area contributed by atoms with Crippen LogP contribution in [0.25, 0.3) is 0 Å². The minimum Gasteiger partial charge on any atom is -0.497 e. The number of hydrogen-bond donors (Lipinski definition) is 1. The summed E-state index contributed by atoms with van der Waals surface area (Å²) in [5.74, 6) is 0.184. The monoisotopic (exact) mass is 418 g/mol. The fourth-order valence-electron chi connectivity index (χ4n) is 3.24. The van der Waals surface area contributed by atoms with Crippen molar-refractivity contribution in [3.8, 4) is 5.75 Å². The van der Waals surface area contributed by atoms with Crippen molar-refractivity contribution in [3.05, 3.63) is 59.7 Å². The lowest BCUT2D eigenvalue weighted by molar-refractivity contribution is -0.122. The van der Waals surface area contributed by atoms with E-state index < -0.39 is 16.1 Å². The summed E-state index contributed by atoms with van der Waals surface area (Å²) in [6.45, 7) is 5.77. The number of carbonyl (C=O) groups is 1. The summed E-state index contributed by atoms with van der Waals surface area (Å²) in [5, 5.41) is 2.96. The molecule has 0 saturated carbocycles. The molecule has 6 nitrogen and oxygen atoms in total. The van der Waals surface area contributed by atoms with Crippen LogP contribution in [0.4, 0.5) is 5.69 Å². The van der Waals surface area contributed by atoms with Crippen LogP contribution in [0, 0.1) is 0 Å². The molecule has 158 valence electrons. The molecule has 0 aromatic heterocycles. The van der Waals surface area contributed by atoms with Crippen molar-refractivity contribution in [1.82, 2.24) is 5.32 Å². The average Bonchev–Trinajstić information content (AvgIpc) is 2.70. The summed E-state index contributed by atoms with van der Waals surface area (Å²) in [6, 6.07) is 13.6. The minimum absolute atomic E-state index is 0.242. The van der Waals surface area contributed by atoms with Crippen LogP contribution in [0.3, 0.4) is 0 Å². The second-order valence-corrected chi connectivity index (χ2v) is 8.87. The molecule has 0 spiro atoms. The lowest BCUT2D eigenvalue weighted by Gasteiger charge is -2.31. The number of hydrogen-bond acceptors (Lipinski definition) is 4. The maximum Gasteiger partial charge on any atom is 0.244 e. The molecule has 0 aliphatic carbocycles. The molecule has 29 heavy (non-hydrogen) atoms. The Hall–Kier alpha value is -2.54. The van der Waals surface area contributed by atoms with Crippen molar-refractivity contribution < 1.29 is 17.9 Å². The highest BCUT2D eigenvalue weighted by atomic mass is 32.2. The van der Waals surface area contributed by atoms with E-state index in [9.17, 15) is 13.2 Å². The molecule has 0 saturated heterocycles. The first kappa shape index (κ1) is 22.7. The molecule has 2 atom stereocenters. The number of aryl methyl sites for hydroxylation is 1. The Balaban J connectivity index is 2.29. The Morgan fingerprint density at radius 2 is 1.79 bits per heavy atom. The smallest absolute Gasteiger partial charge is 0.244 e. The summed E-state index contributed by atoms with van der Waals surface area (Å²) < 4.78 is 31.5. The molecule has 0 unspecified atom stereocenters. The van der Waals surface area contributed by atoms with Crippen molar-refractivity contribution >= 4 is 21.6 Å². The Morgan fingerprint density at radius 3 is 2.31 bits per heavy atom. The second kappa shape index (κ2) is 9.78. The predicted molar refractivity (Wildman–Crippen MR) is 117 cm³/mol. The van der Waals surface area contributed by atoms with Crippen LogP contribution >= 0.6 is 0 Å². The molecule has 2 rings (SSSR count). The third-order valence-corrected chi connectivity index (χ3v) is 6.06. The highest BCUT2D eigenvalue weighted by Crippen LogP contribution is 2.27. The highest BCUT2D eigenvalue weighted by molar-refractivity contribution is 7.92. The number of ether oxygens (including phenoxy) is 1. The van der Waals surface area contributed by atoms with E-state index >= 15 is 0 Å². The zero-order valence-corrected chi connectivity index (χ0v) is 18.5. The summed E-state index contributed by atoms with van der Waals surface area (Å²) >= 11 is 0. The van der Waals surface area contributed by atoms with Crippen LogP contribution in [0.2, 0.25) is 0 Å². The first-order valence-corrected chi connectivity index (χ1v) is 11.6. The number of amides is 1. The van der Waals surface area contributed by atoms with E-state index in [1.807, 2.05) is 31.2 Å². The molecule has 0 aliphatic heterocycles. The van der Waals surface area contributed by atoms with Gasteiger partial charge in [-0.3, -0.25) is 9.10 Å². The molecular weight excluding hydrogens is 388 g/mol. The van der Waals surface area contributed by atoms with Crippen LogP contribution in [-0.4, -0.2) is 33.7 Å². The molecule has 1 amide bonds. The van der Waals surface area contributed by atoms with Crippen LogP contribution in [-0.2, 0) is 21.2 Å². The second-order valence-electron chi connectivity index (χ2n) is 7.01. The van der Waals surface area contributed by atoms with E-state index in [-0.39, 0.29) is 11.9 Å².